The first kappa shape index (κ1) is 8.55. The summed E-state index contributed by atoms with van der Waals surface area (Å²) in [5.74, 6) is 0.612. The highest BCUT2D eigenvalue weighted by Crippen LogP contribution is 2.15. The van der Waals surface area contributed by atoms with E-state index in [1.165, 1.54) is 0 Å². The third-order valence-corrected chi connectivity index (χ3v) is 1.81. The number of hydrogen-bond acceptors (Lipinski definition) is 3. The second kappa shape index (κ2) is 3.37. The third-order valence-electron chi connectivity index (χ3n) is 1.81. The van der Waals surface area contributed by atoms with E-state index in [1.807, 2.05) is 12.1 Å². The van der Waals surface area contributed by atoms with Gasteiger partial charge in [-0.2, -0.15) is 0 Å². The first-order chi connectivity index (χ1) is 6.74. The van der Waals surface area contributed by atoms with Gasteiger partial charge in [0, 0.05) is 5.69 Å². The molecule has 1 saturated heterocycles. The van der Waals surface area contributed by atoms with Gasteiger partial charge in [-0.05, 0) is 18.2 Å². The molecule has 1 heterocycles. The van der Waals surface area contributed by atoms with E-state index < -0.39 is 0 Å². The molecular formula is C9H10N4O. The van der Waals surface area contributed by atoms with Crippen LogP contribution in [0.25, 0.3) is 0 Å². The van der Waals surface area contributed by atoms with Crippen LogP contribution in [0.5, 0.6) is 0 Å². The third kappa shape index (κ3) is 1.82. The van der Waals surface area contributed by atoms with Gasteiger partial charge in [0.1, 0.15) is 5.84 Å². The van der Waals surface area contributed by atoms with Crippen LogP contribution < -0.4 is 16.4 Å². The van der Waals surface area contributed by atoms with Crippen molar-refractivity contribution in [2.75, 3.05) is 12.3 Å². The summed E-state index contributed by atoms with van der Waals surface area (Å²) < 4.78 is 0. The fourth-order valence-electron chi connectivity index (χ4n) is 1.20. The largest absolute Gasteiger partial charge is 0.399 e. The molecule has 0 bridgehead atoms. The van der Waals surface area contributed by atoms with E-state index in [-0.39, 0.29) is 6.03 Å². The van der Waals surface area contributed by atoms with Crippen molar-refractivity contribution in [1.82, 2.24) is 10.6 Å². The van der Waals surface area contributed by atoms with Crippen LogP contribution in [0, 0.1) is 0 Å². The molecule has 0 saturated carbocycles. The van der Waals surface area contributed by atoms with Gasteiger partial charge in [-0.15, -0.1) is 0 Å². The van der Waals surface area contributed by atoms with Crippen LogP contribution >= 0.6 is 0 Å². The lowest BCUT2D eigenvalue weighted by atomic mass is 10.3. The van der Waals surface area contributed by atoms with Crippen molar-refractivity contribution >= 4 is 23.2 Å². The predicted octanol–water partition coefficient (Wildman–Crippen LogP) is 0.612. The Bertz CT molecular complexity index is 400. The molecule has 1 aromatic rings. The highest BCUT2D eigenvalue weighted by molar-refractivity contribution is 6.05. The van der Waals surface area contributed by atoms with Gasteiger partial charge in [-0.25, -0.2) is 9.79 Å². The summed E-state index contributed by atoms with van der Waals surface area (Å²) >= 11 is 0. The number of hydrogen-bond donors (Lipinski definition) is 3. The van der Waals surface area contributed by atoms with Gasteiger partial charge in [0.15, 0.2) is 0 Å². The van der Waals surface area contributed by atoms with Crippen LogP contribution in [0.1, 0.15) is 0 Å². The fourth-order valence-corrected chi connectivity index (χ4v) is 1.20. The van der Waals surface area contributed by atoms with E-state index >= 15 is 0 Å². The predicted molar refractivity (Wildman–Crippen MR) is 54.5 cm³/mol. The first-order valence-corrected chi connectivity index (χ1v) is 4.22. The monoisotopic (exact) mass is 190 g/mol. The van der Waals surface area contributed by atoms with Crippen LogP contribution in [-0.2, 0) is 0 Å². The number of carbonyl (C=O) groups excluding carboxylic acids is 1. The number of nitrogen functional groups attached to an aromatic ring is 1. The van der Waals surface area contributed by atoms with E-state index in [1.54, 1.807) is 12.1 Å². The zero-order chi connectivity index (χ0) is 9.97. The van der Waals surface area contributed by atoms with E-state index in [4.69, 9.17) is 5.73 Å². The number of amidine groups is 1. The Morgan fingerprint density at radius 1 is 1.43 bits per heavy atom. The van der Waals surface area contributed by atoms with Gasteiger partial charge >= 0.3 is 6.03 Å². The van der Waals surface area contributed by atoms with Gasteiger partial charge in [0.2, 0.25) is 0 Å². The molecule has 5 heteroatoms. The smallest absolute Gasteiger partial charge is 0.320 e. The maximum Gasteiger partial charge on any atom is 0.320 e. The second-order valence-electron chi connectivity index (χ2n) is 2.96. The molecule has 0 radical (unpaired) electrons. The number of rotatable bonds is 1. The minimum atomic E-state index is -0.215. The molecular weight excluding hydrogens is 180 g/mol. The summed E-state index contributed by atoms with van der Waals surface area (Å²) in [6, 6.07) is 6.96. The normalized spacial score (nSPS) is 18.0. The summed E-state index contributed by atoms with van der Waals surface area (Å²) in [5.41, 5.74) is 6.98. The van der Waals surface area contributed by atoms with Crippen molar-refractivity contribution < 1.29 is 4.79 Å². The Balaban J connectivity index is 2.21. The highest BCUT2D eigenvalue weighted by atomic mass is 16.2. The van der Waals surface area contributed by atoms with Gasteiger partial charge in [-0.3, -0.25) is 5.32 Å². The van der Waals surface area contributed by atoms with Crippen LogP contribution in [0.2, 0.25) is 0 Å². The van der Waals surface area contributed by atoms with Gasteiger partial charge in [0.25, 0.3) is 0 Å². The lowest BCUT2D eigenvalue weighted by molar-refractivity contribution is 0.249. The van der Waals surface area contributed by atoms with Gasteiger partial charge in [-0.1, -0.05) is 6.07 Å². The number of nitrogens with two attached hydrogens (primary N) is 1. The standard InChI is InChI=1S/C9H10N4O/c10-6-2-1-3-7(4-6)12-8-5-11-9(14)13-8/h1-4H,5,10H2,(H2,11,12,13,14). The molecule has 1 fully saturated rings. The quantitative estimate of drug-likeness (QED) is 0.567. The van der Waals surface area contributed by atoms with Crippen molar-refractivity contribution in [2.24, 2.45) is 4.99 Å². The van der Waals surface area contributed by atoms with Gasteiger partial charge in [0.05, 0.1) is 12.2 Å². The van der Waals surface area contributed by atoms with Crippen molar-refractivity contribution in [1.29, 1.82) is 0 Å². The van der Waals surface area contributed by atoms with E-state index in [0.717, 1.165) is 5.69 Å². The number of carbonyl (C=O) groups is 1. The molecule has 1 aromatic carbocycles. The SMILES string of the molecule is Nc1cccc(N=C2CNC(=O)N2)c1. The fraction of sp³-hybridized carbons (Fsp3) is 0.111. The molecule has 2 rings (SSSR count). The van der Waals surface area contributed by atoms with Crippen molar-refractivity contribution in [3.63, 3.8) is 0 Å². The summed E-state index contributed by atoms with van der Waals surface area (Å²) in [6.45, 7) is 0.438. The topological polar surface area (TPSA) is 79.5 Å². The second-order valence-corrected chi connectivity index (χ2v) is 2.96. The maximum atomic E-state index is 10.8. The molecule has 1 aliphatic rings. The first-order valence-electron chi connectivity index (χ1n) is 4.22. The molecule has 0 unspecified atom stereocenters. The van der Waals surface area contributed by atoms with E-state index in [9.17, 15) is 4.79 Å². The number of urea groups is 1. The molecule has 2 amide bonds. The van der Waals surface area contributed by atoms with Crippen molar-refractivity contribution in [2.45, 2.75) is 0 Å². The molecule has 0 spiro atoms. The number of aliphatic imine (C=N–C) groups is 1. The Kier molecular flexibility index (Phi) is 2.06. The van der Waals surface area contributed by atoms with Crippen LogP contribution in [0.4, 0.5) is 16.2 Å². The lowest BCUT2D eigenvalue weighted by Crippen LogP contribution is -2.22. The minimum absolute atomic E-state index is 0.215. The molecule has 0 aliphatic carbocycles. The Morgan fingerprint density at radius 2 is 2.29 bits per heavy atom. The zero-order valence-electron chi connectivity index (χ0n) is 7.45. The molecule has 14 heavy (non-hydrogen) atoms. The molecule has 4 N–H and O–H groups in total. The lowest BCUT2D eigenvalue weighted by Gasteiger charge is -1.97. The Hall–Kier alpha value is -2.04. The Labute approximate surface area is 81.0 Å². The molecule has 0 atom stereocenters. The van der Waals surface area contributed by atoms with E-state index in [2.05, 4.69) is 15.6 Å². The number of anilines is 1. The van der Waals surface area contributed by atoms with Gasteiger partial charge < -0.3 is 11.1 Å². The average molecular weight is 190 g/mol. The average Bonchev–Trinajstić information content (AvgIpc) is 2.51. The van der Waals surface area contributed by atoms with E-state index in [0.29, 0.717) is 18.1 Å². The minimum Gasteiger partial charge on any atom is -0.399 e. The number of benzene rings is 1. The number of nitrogens with one attached hydrogen (secondary N) is 2. The molecule has 0 aromatic heterocycles. The maximum absolute atomic E-state index is 10.8. The van der Waals surface area contributed by atoms with Crippen LogP contribution in [-0.4, -0.2) is 18.4 Å². The Morgan fingerprint density at radius 3 is 2.93 bits per heavy atom. The summed E-state index contributed by atoms with van der Waals surface area (Å²) in [4.78, 5) is 15.0. The van der Waals surface area contributed by atoms with Crippen LogP contribution in [0.15, 0.2) is 29.3 Å². The molecule has 5 nitrogen and oxygen atoms in total. The van der Waals surface area contributed by atoms with Crippen LogP contribution in [0.3, 0.4) is 0 Å². The number of nitrogens with zero attached hydrogens (tertiary/aromatic N) is 1. The molecule has 72 valence electrons. The van der Waals surface area contributed by atoms with Crippen molar-refractivity contribution in [3.8, 4) is 0 Å². The highest BCUT2D eigenvalue weighted by Gasteiger charge is 2.13. The molecule has 1 aliphatic heterocycles. The zero-order valence-corrected chi connectivity index (χ0v) is 7.45. The number of amides is 2. The summed E-state index contributed by atoms with van der Waals surface area (Å²) in [6.07, 6.45) is 0. The van der Waals surface area contributed by atoms with Crippen molar-refractivity contribution in [3.05, 3.63) is 24.3 Å². The summed E-state index contributed by atoms with van der Waals surface area (Å²) in [7, 11) is 0. The summed E-state index contributed by atoms with van der Waals surface area (Å²) in [5, 5.41) is 5.17.